The van der Waals surface area contributed by atoms with Crippen molar-refractivity contribution >= 4 is 23.1 Å². The average Bonchev–Trinajstić information content (AvgIpc) is 2.45. The summed E-state index contributed by atoms with van der Waals surface area (Å²) in [6, 6.07) is 8.36. The highest BCUT2D eigenvalue weighted by Crippen LogP contribution is 2.32. The van der Waals surface area contributed by atoms with Gasteiger partial charge in [-0.2, -0.15) is 0 Å². The van der Waals surface area contributed by atoms with Crippen LogP contribution in [0.25, 0.3) is 4.91 Å². The standard InChI is InChI=1S/C17H23NOS/c1-5-14(4)11-20-17(13(2)3)16-8-6-15(7-9-16)10-18-12-19/h6-9,11-12H,5,10H2,1-4H3,(H,18,19). The normalized spacial score (nSPS) is 11.1. The van der Waals surface area contributed by atoms with Gasteiger partial charge in [-0.15, -0.1) is 0 Å². The summed E-state index contributed by atoms with van der Waals surface area (Å²) in [5, 5.41) is 4.90. The number of thioether (sulfide) groups is 1. The molecule has 1 rings (SSSR count). The summed E-state index contributed by atoms with van der Waals surface area (Å²) in [6.07, 6.45) is 1.81. The molecule has 0 radical (unpaired) electrons. The molecule has 0 saturated carbocycles. The Morgan fingerprint density at radius 2 is 1.85 bits per heavy atom. The van der Waals surface area contributed by atoms with Gasteiger partial charge in [0.05, 0.1) is 0 Å². The second-order valence-electron chi connectivity index (χ2n) is 4.96. The monoisotopic (exact) mass is 289 g/mol. The number of carbonyl (C=O) groups excluding carboxylic acids is 1. The molecule has 0 heterocycles. The first-order chi connectivity index (χ1) is 9.58. The van der Waals surface area contributed by atoms with Gasteiger partial charge < -0.3 is 5.32 Å². The Morgan fingerprint density at radius 3 is 2.35 bits per heavy atom. The molecule has 3 heteroatoms. The van der Waals surface area contributed by atoms with Crippen LogP contribution in [-0.4, -0.2) is 6.41 Å². The van der Waals surface area contributed by atoms with Gasteiger partial charge in [-0.05, 0) is 43.7 Å². The highest BCUT2D eigenvalue weighted by Gasteiger charge is 2.04. The minimum atomic E-state index is 0.579. The first kappa shape index (κ1) is 16.6. The predicted molar refractivity (Wildman–Crippen MR) is 89.3 cm³/mol. The fourth-order valence-corrected chi connectivity index (χ4v) is 2.64. The van der Waals surface area contributed by atoms with Crippen molar-refractivity contribution in [1.82, 2.24) is 5.32 Å². The van der Waals surface area contributed by atoms with Crippen LogP contribution >= 0.6 is 11.8 Å². The fraction of sp³-hybridized carbons (Fsp3) is 0.353. The Balaban J connectivity index is 2.88. The van der Waals surface area contributed by atoms with Gasteiger partial charge in [0.25, 0.3) is 0 Å². The molecule has 108 valence electrons. The maximum absolute atomic E-state index is 10.3. The molecule has 1 aromatic rings. The Kier molecular flexibility index (Phi) is 7.16. The van der Waals surface area contributed by atoms with Crippen LogP contribution in [-0.2, 0) is 11.3 Å². The zero-order chi connectivity index (χ0) is 15.0. The molecule has 0 atom stereocenters. The maximum atomic E-state index is 10.3. The third-order valence-corrected chi connectivity index (χ3v) is 4.40. The summed E-state index contributed by atoms with van der Waals surface area (Å²) >= 11 is 1.78. The van der Waals surface area contributed by atoms with Crippen molar-refractivity contribution in [3.63, 3.8) is 0 Å². The van der Waals surface area contributed by atoms with E-state index in [0.29, 0.717) is 6.54 Å². The number of carbonyl (C=O) groups is 1. The SMILES string of the molecule is CCC(C)=CSC(=C(C)C)c1ccc(CNC=O)cc1. The first-order valence-corrected chi connectivity index (χ1v) is 7.72. The molecular weight excluding hydrogens is 266 g/mol. The van der Waals surface area contributed by atoms with Crippen molar-refractivity contribution in [2.24, 2.45) is 0 Å². The van der Waals surface area contributed by atoms with Crippen LogP contribution < -0.4 is 5.32 Å². The van der Waals surface area contributed by atoms with Gasteiger partial charge >= 0.3 is 0 Å². The van der Waals surface area contributed by atoms with E-state index in [1.54, 1.807) is 11.8 Å². The van der Waals surface area contributed by atoms with Gasteiger partial charge in [0.2, 0.25) is 6.41 Å². The van der Waals surface area contributed by atoms with E-state index < -0.39 is 0 Å². The lowest BCUT2D eigenvalue weighted by Crippen LogP contribution is -2.09. The molecule has 0 aliphatic carbocycles. The minimum absolute atomic E-state index is 0.579. The predicted octanol–water partition coefficient (Wildman–Crippen LogP) is 4.73. The Labute approximate surface area is 126 Å². The lowest BCUT2D eigenvalue weighted by molar-refractivity contribution is -0.109. The molecule has 2 nitrogen and oxygen atoms in total. The number of amides is 1. The van der Waals surface area contributed by atoms with Crippen LogP contribution in [0.4, 0.5) is 0 Å². The molecule has 0 saturated heterocycles. The largest absolute Gasteiger partial charge is 0.355 e. The third kappa shape index (κ3) is 5.25. The molecule has 1 N–H and O–H groups in total. The molecule has 20 heavy (non-hydrogen) atoms. The van der Waals surface area contributed by atoms with Gasteiger partial charge in [0, 0.05) is 11.4 Å². The van der Waals surface area contributed by atoms with Crippen molar-refractivity contribution in [1.29, 1.82) is 0 Å². The number of rotatable bonds is 7. The van der Waals surface area contributed by atoms with Gasteiger partial charge in [-0.3, -0.25) is 4.79 Å². The summed E-state index contributed by atoms with van der Waals surface area (Å²) in [7, 11) is 0. The van der Waals surface area contributed by atoms with E-state index in [1.807, 2.05) is 0 Å². The van der Waals surface area contributed by atoms with Crippen LogP contribution in [0.1, 0.15) is 45.2 Å². The zero-order valence-corrected chi connectivity index (χ0v) is 13.5. The summed E-state index contributed by atoms with van der Waals surface area (Å²) in [4.78, 5) is 11.6. The summed E-state index contributed by atoms with van der Waals surface area (Å²) in [5.74, 6) is 0. The van der Waals surface area contributed by atoms with Crippen LogP contribution in [0.15, 0.2) is 40.8 Å². The molecule has 0 unspecified atom stereocenters. The Hall–Kier alpha value is -1.48. The Bertz CT molecular complexity index is 496. The van der Waals surface area contributed by atoms with Crippen LogP contribution in [0.2, 0.25) is 0 Å². The molecule has 1 amide bonds. The topological polar surface area (TPSA) is 29.1 Å². The summed E-state index contributed by atoms with van der Waals surface area (Å²) < 4.78 is 0. The van der Waals surface area contributed by atoms with Gasteiger partial charge in [0.1, 0.15) is 0 Å². The number of nitrogens with one attached hydrogen (secondary N) is 1. The second-order valence-corrected chi connectivity index (χ2v) is 5.84. The minimum Gasteiger partial charge on any atom is -0.355 e. The Morgan fingerprint density at radius 1 is 1.20 bits per heavy atom. The smallest absolute Gasteiger partial charge is 0.207 e. The highest BCUT2D eigenvalue weighted by atomic mass is 32.2. The van der Waals surface area contributed by atoms with Crippen molar-refractivity contribution in [2.75, 3.05) is 0 Å². The molecule has 0 aliphatic heterocycles. The first-order valence-electron chi connectivity index (χ1n) is 6.84. The summed E-state index contributed by atoms with van der Waals surface area (Å²) in [6.45, 7) is 9.18. The number of hydrogen-bond donors (Lipinski definition) is 1. The van der Waals surface area contributed by atoms with E-state index >= 15 is 0 Å². The third-order valence-electron chi connectivity index (χ3n) is 3.00. The number of allylic oxidation sites excluding steroid dienone is 2. The molecule has 0 bridgehead atoms. The van der Waals surface area contributed by atoms with E-state index in [0.717, 1.165) is 18.4 Å². The van der Waals surface area contributed by atoms with Crippen molar-refractivity contribution in [3.8, 4) is 0 Å². The van der Waals surface area contributed by atoms with Crippen molar-refractivity contribution in [3.05, 3.63) is 51.9 Å². The average molecular weight is 289 g/mol. The van der Waals surface area contributed by atoms with E-state index in [4.69, 9.17) is 0 Å². The number of benzene rings is 1. The van der Waals surface area contributed by atoms with E-state index in [-0.39, 0.29) is 0 Å². The summed E-state index contributed by atoms with van der Waals surface area (Å²) in [5.41, 5.74) is 5.04. The molecule has 0 aromatic heterocycles. The second kappa shape index (κ2) is 8.64. The molecular formula is C17H23NOS. The molecule has 0 aliphatic rings. The van der Waals surface area contributed by atoms with Crippen LogP contribution in [0.5, 0.6) is 0 Å². The van der Waals surface area contributed by atoms with Crippen LogP contribution in [0, 0.1) is 0 Å². The molecule has 1 aromatic carbocycles. The van der Waals surface area contributed by atoms with Crippen molar-refractivity contribution in [2.45, 2.75) is 40.7 Å². The van der Waals surface area contributed by atoms with E-state index in [9.17, 15) is 4.79 Å². The molecule has 0 fully saturated rings. The lowest BCUT2D eigenvalue weighted by Gasteiger charge is -2.09. The van der Waals surface area contributed by atoms with Crippen LogP contribution in [0.3, 0.4) is 0 Å². The van der Waals surface area contributed by atoms with Gasteiger partial charge in [0.15, 0.2) is 0 Å². The quantitative estimate of drug-likeness (QED) is 0.735. The van der Waals surface area contributed by atoms with Crippen molar-refractivity contribution < 1.29 is 4.79 Å². The van der Waals surface area contributed by atoms with E-state index in [1.165, 1.54) is 21.6 Å². The number of hydrogen-bond acceptors (Lipinski definition) is 2. The van der Waals surface area contributed by atoms with Gasteiger partial charge in [-0.25, -0.2) is 0 Å². The lowest BCUT2D eigenvalue weighted by atomic mass is 10.1. The van der Waals surface area contributed by atoms with Gasteiger partial charge in [-0.1, -0.05) is 54.1 Å². The fourth-order valence-electron chi connectivity index (χ4n) is 1.65. The zero-order valence-electron chi connectivity index (χ0n) is 12.7. The van der Waals surface area contributed by atoms with E-state index in [2.05, 4.69) is 62.7 Å². The molecule has 0 spiro atoms. The maximum Gasteiger partial charge on any atom is 0.207 e. The highest BCUT2D eigenvalue weighted by molar-refractivity contribution is 8.11.